The summed E-state index contributed by atoms with van der Waals surface area (Å²) in [5.41, 5.74) is 1.73. The minimum Gasteiger partial charge on any atom is -0.463 e. The van der Waals surface area contributed by atoms with Gasteiger partial charge in [-0.1, -0.05) is 42.5 Å². The Labute approximate surface area is 243 Å². The fourth-order valence-electron chi connectivity index (χ4n) is 4.21. The average molecular weight is 587 g/mol. The van der Waals surface area contributed by atoms with Gasteiger partial charge in [0.2, 0.25) is 12.4 Å². The van der Waals surface area contributed by atoms with Crippen molar-refractivity contribution in [2.45, 2.75) is 77.8 Å². The molecule has 0 saturated carbocycles. The van der Waals surface area contributed by atoms with Crippen LogP contribution in [-0.4, -0.2) is 67.2 Å². The largest absolute Gasteiger partial charge is 0.463 e. The standard InChI is InChI=1S/C30H34O12/c1-18(31)36-17-25-27(38-19(2)32)28(39-20(3)33)29(40-21(4)34)30(42-25)41-24-13-10-22(11-14-24)12-15-26(35)37-16-23-8-6-5-7-9-23/h5-11,13-14,25,27-30H,12,15-17H2,1-4H3/t25-,27+,28+,29-,30-/m1/s1. The summed E-state index contributed by atoms with van der Waals surface area (Å²) in [6.45, 7) is 4.44. The summed E-state index contributed by atoms with van der Waals surface area (Å²) >= 11 is 0. The van der Waals surface area contributed by atoms with Crippen molar-refractivity contribution in [3.8, 4) is 5.75 Å². The summed E-state index contributed by atoms with van der Waals surface area (Å²) in [6.07, 6.45) is -5.83. The molecule has 226 valence electrons. The Hall–Kier alpha value is -4.45. The molecule has 1 heterocycles. The Morgan fingerprint density at radius 2 is 1.26 bits per heavy atom. The van der Waals surface area contributed by atoms with Gasteiger partial charge in [0.05, 0.1) is 0 Å². The zero-order valence-corrected chi connectivity index (χ0v) is 23.8. The zero-order chi connectivity index (χ0) is 30.6. The van der Waals surface area contributed by atoms with E-state index >= 15 is 0 Å². The van der Waals surface area contributed by atoms with E-state index in [1.807, 2.05) is 30.3 Å². The molecule has 0 unspecified atom stereocenters. The van der Waals surface area contributed by atoms with E-state index < -0.39 is 54.6 Å². The molecule has 5 atom stereocenters. The van der Waals surface area contributed by atoms with E-state index in [1.165, 1.54) is 6.92 Å². The first-order valence-corrected chi connectivity index (χ1v) is 13.3. The molecule has 1 saturated heterocycles. The second kappa shape index (κ2) is 15.5. The number of hydrogen-bond donors (Lipinski definition) is 0. The van der Waals surface area contributed by atoms with Crippen LogP contribution in [0.4, 0.5) is 0 Å². The fourth-order valence-corrected chi connectivity index (χ4v) is 4.21. The highest BCUT2D eigenvalue weighted by Crippen LogP contribution is 2.31. The van der Waals surface area contributed by atoms with Crippen LogP contribution < -0.4 is 4.74 Å². The third-order valence-electron chi connectivity index (χ3n) is 5.98. The Morgan fingerprint density at radius 3 is 1.86 bits per heavy atom. The minimum absolute atomic E-state index is 0.173. The van der Waals surface area contributed by atoms with Gasteiger partial charge < -0.3 is 33.2 Å². The molecule has 0 N–H and O–H groups in total. The maximum atomic E-state index is 12.2. The van der Waals surface area contributed by atoms with Crippen molar-refractivity contribution >= 4 is 29.8 Å². The van der Waals surface area contributed by atoms with Gasteiger partial charge in [0.25, 0.3) is 0 Å². The van der Waals surface area contributed by atoms with Crippen molar-refractivity contribution in [3.05, 3.63) is 65.7 Å². The topological polar surface area (TPSA) is 150 Å². The minimum atomic E-state index is -1.34. The molecular formula is C30H34O12. The average Bonchev–Trinajstić information content (AvgIpc) is 2.93. The molecule has 0 aliphatic carbocycles. The second-order valence-electron chi connectivity index (χ2n) is 9.48. The van der Waals surface area contributed by atoms with Gasteiger partial charge in [0.1, 0.15) is 25.1 Å². The number of aryl methyl sites for hydroxylation is 1. The van der Waals surface area contributed by atoms with Crippen molar-refractivity contribution in [1.29, 1.82) is 0 Å². The summed E-state index contributed by atoms with van der Waals surface area (Å²) in [5, 5.41) is 0. The van der Waals surface area contributed by atoms with Gasteiger partial charge in [0.15, 0.2) is 12.2 Å². The second-order valence-corrected chi connectivity index (χ2v) is 9.48. The first-order valence-electron chi connectivity index (χ1n) is 13.3. The molecule has 1 fully saturated rings. The van der Waals surface area contributed by atoms with Crippen molar-refractivity contribution in [2.75, 3.05) is 6.61 Å². The van der Waals surface area contributed by atoms with Crippen molar-refractivity contribution in [2.24, 2.45) is 0 Å². The summed E-state index contributed by atoms with van der Waals surface area (Å²) in [5.74, 6) is -2.86. The lowest BCUT2D eigenvalue weighted by atomic mass is 9.98. The Bertz CT molecular complexity index is 1230. The van der Waals surface area contributed by atoms with Crippen LogP contribution in [0, 0.1) is 0 Å². The highest BCUT2D eigenvalue weighted by atomic mass is 16.7. The van der Waals surface area contributed by atoms with Gasteiger partial charge >= 0.3 is 29.8 Å². The summed E-state index contributed by atoms with van der Waals surface area (Å²) in [4.78, 5) is 59.5. The van der Waals surface area contributed by atoms with E-state index in [2.05, 4.69) is 0 Å². The van der Waals surface area contributed by atoms with Gasteiger partial charge in [-0.05, 0) is 29.7 Å². The first kappa shape index (κ1) is 32.1. The number of benzene rings is 2. The van der Waals surface area contributed by atoms with Crippen molar-refractivity contribution < 1.29 is 57.1 Å². The van der Waals surface area contributed by atoms with Gasteiger partial charge in [-0.3, -0.25) is 24.0 Å². The SMILES string of the molecule is CC(=O)OC[C@H]1O[C@@H](Oc2ccc(CCC(=O)OCc3ccccc3)cc2)[C@H](OC(C)=O)[C@@H](OC(C)=O)[C@H]1OC(C)=O. The van der Waals surface area contributed by atoms with Crippen molar-refractivity contribution in [1.82, 2.24) is 0 Å². The molecular weight excluding hydrogens is 552 g/mol. The third kappa shape index (κ3) is 10.2. The Balaban J connectivity index is 1.72. The van der Waals surface area contributed by atoms with E-state index in [0.717, 1.165) is 31.9 Å². The lowest BCUT2D eigenvalue weighted by Crippen LogP contribution is -2.63. The smallest absolute Gasteiger partial charge is 0.306 e. The van der Waals surface area contributed by atoms with Crippen LogP contribution in [0.1, 0.15) is 45.2 Å². The summed E-state index contributed by atoms with van der Waals surface area (Å²) < 4.78 is 38.5. The van der Waals surface area contributed by atoms with Crippen LogP contribution >= 0.6 is 0 Å². The number of esters is 5. The molecule has 42 heavy (non-hydrogen) atoms. The van der Waals surface area contributed by atoms with Gasteiger partial charge in [-0.25, -0.2) is 0 Å². The molecule has 0 spiro atoms. The molecule has 12 nitrogen and oxygen atoms in total. The zero-order valence-electron chi connectivity index (χ0n) is 23.8. The van der Waals surface area contributed by atoms with E-state index in [-0.39, 0.29) is 25.6 Å². The predicted octanol–water partition coefficient (Wildman–Crippen LogP) is 2.82. The maximum Gasteiger partial charge on any atom is 0.306 e. The van der Waals surface area contributed by atoms with E-state index in [1.54, 1.807) is 24.3 Å². The molecule has 0 radical (unpaired) electrons. The molecule has 12 heteroatoms. The van der Waals surface area contributed by atoms with Gasteiger partial charge in [-0.2, -0.15) is 0 Å². The van der Waals surface area contributed by atoms with Crippen LogP contribution in [0.3, 0.4) is 0 Å². The predicted molar refractivity (Wildman–Crippen MR) is 144 cm³/mol. The normalized spacial score (nSPS) is 21.4. The lowest BCUT2D eigenvalue weighted by molar-refractivity contribution is -0.288. The summed E-state index contributed by atoms with van der Waals surface area (Å²) in [7, 11) is 0. The molecule has 3 rings (SSSR count). The Morgan fingerprint density at radius 1 is 0.667 bits per heavy atom. The van der Waals surface area contributed by atoms with Crippen LogP contribution in [0.15, 0.2) is 54.6 Å². The van der Waals surface area contributed by atoms with Gasteiger partial charge in [0, 0.05) is 34.1 Å². The number of hydrogen-bond acceptors (Lipinski definition) is 12. The molecule has 0 amide bonds. The highest BCUT2D eigenvalue weighted by molar-refractivity contribution is 5.70. The molecule has 2 aromatic rings. The fraction of sp³-hybridized carbons (Fsp3) is 0.433. The Kier molecular flexibility index (Phi) is 11.9. The lowest BCUT2D eigenvalue weighted by Gasteiger charge is -2.43. The third-order valence-corrected chi connectivity index (χ3v) is 5.98. The number of carbonyl (C=O) groups excluding carboxylic acids is 5. The molecule has 2 aromatic carbocycles. The highest BCUT2D eigenvalue weighted by Gasteiger charge is 2.53. The van der Waals surface area contributed by atoms with E-state index in [4.69, 9.17) is 33.2 Å². The molecule has 0 aromatic heterocycles. The first-order chi connectivity index (χ1) is 20.0. The molecule has 1 aliphatic rings. The van der Waals surface area contributed by atoms with Gasteiger partial charge in [-0.15, -0.1) is 0 Å². The molecule has 1 aliphatic heterocycles. The van der Waals surface area contributed by atoms with Crippen LogP contribution in [0.2, 0.25) is 0 Å². The van der Waals surface area contributed by atoms with Crippen LogP contribution in [0.5, 0.6) is 5.75 Å². The summed E-state index contributed by atoms with van der Waals surface area (Å²) in [6, 6.07) is 16.1. The monoisotopic (exact) mass is 586 g/mol. The maximum absolute atomic E-state index is 12.2. The molecule has 0 bridgehead atoms. The van der Waals surface area contributed by atoms with E-state index in [0.29, 0.717) is 12.2 Å². The number of rotatable bonds is 12. The number of carbonyl (C=O) groups is 5. The van der Waals surface area contributed by atoms with Crippen LogP contribution in [0.25, 0.3) is 0 Å². The van der Waals surface area contributed by atoms with Crippen LogP contribution in [-0.2, 0) is 65.4 Å². The van der Waals surface area contributed by atoms with Crippen molar-refractivity contribution in [3.63, 3.8) is 0 Å². The van der Waals surface area contributed by atoms with E-state index in [9.17, 15) is 24.0 Å². The number of ether oxygens (including phenoxy) is 7. The quantitative estimate of drug-likeness (QED) is 0.266.